The molecular weight excluding hydrogens is 1710 g/mol. The van der Waals surface area contributed by atoms with Gasteiger partial charge >= 0.3 is 6.03 Å². The van der Waals surface area contributed by atoms with E-state index in [0.29, 0.717) is 137 Å². The third kappa shape index (κ3) is 29.0. The van der Waals surface area contributed by atoms with Gasteiger partial charge in [0, 0.05) is 105 Å². The first-order valence-corrected chi connectivity index (χ1v) is 47.8. The summed E-state index contributed by atoms with van der Waals surface area (Å²) in [4.78, 5) is 140. The van der Waals surface area contributed by atoms with E-state index in [4.69, 9.17) is 62.6 Å². The molecule has 3 heterocycles. The molecule has 0 bridgehead atoms. The predicted octanol–water partition coefficient (Wildman–Crippen LogP) is 9.40. The van der Waals surface area contributed by atoms with Crippen molar-refractivity contribution >= 4 is 64.3 Å². The lowest BCUT2D eigenvalue weighted by Gasteiger charge is -2.63. The lowest BCUT2D eigenvalue weighted by molar-refractivity contribution is -0.234. The maximum Gasteiger partial charge on any atom is 0.312 e. The average Bonchev–Trinajstić information content (AvgIpc) is 1.45. The van der Waals surface area contributed by atoms with Gasteiger partial charge in [-0.2, -0.15) is 0 Å². The van der Waals surface area contributed by atoms with Crippen LogP contribution in [0.5, 0.6) is 0 Å². The van der Waals surface area contributed by atoms with Gasteiger partial charge in [0.15, 0.2) is 34.9 Å². The Labute approximate surface area is 774 Å². The zero-order chi connectivity index (χ0) is 94.5. The van der Waals surface area contributed by atoms with Gasteiger partial charge in [-0.1, -0.05) is 114 Å². The second kappa shape index (κ2) is 53.7. The molecule has 5 aliphatic carbocycles. The quantitative estimate of drug-likeness (QED) is 0.0226. The van der Waals surface area contributed by atoms with Gasteiger partial charge in [-0.05, 0) is 144 Å². The number of aliphatic hydroxyl groups is 1. The van der Waals surface area contributed by atoms with Crippen molar-refractivity contribution in [3.63, 3.8) is 0 Å². The minimum Gasteiger partial charge on any atom is -0.390 e. The van der Waals surface area contributed by atoms with Gasteiger partial charge in [-0.15, -0.1) is 5.10 Å². The fourth-order valence-corrected chi connectivity index (χ4v) is 19.6. The largest absolute Gasteiger partial charge is 0.390 e. The number of fused-ring (bicyclic) bond motifs is 10. The number of unbranched alkanes of at least 4 members (excludes halogenated alkanes) is 1. The van der Waals surface area contributed by atoms with Crippen molar-refractivity contribution in [1.82, 2.24) is 36.3 Å². The monoisotopic (exact) mass is 1850 g/mol. The minimum atomic E-state index is -2.46. The SMILES string of the molecule is CCCOCCOCCOCCOCCOCCn1nnc2c1CCCCCC2OCC(=O)NCCCC[C@@H](CC(=O)CCOCCOCCOCCOCCCC(=O)CCC(=O)N1Cc2ccccc2C#Cc2ccccc21)C(=O)N[C@H](C(=O)C[C@@H](CCCNC(N)=O)C(=O)NCC(=O)[C@@]12OC(CCC)O[C@@H]1C[C@H]1[C@@H]3C[C@H](F)C4=CC(=O)C=C[C@]4(C)[C@@]3(F)[C@@H](O)C[C@@]12C)C(C)C. The molecule has 3 saturated carbocycles. The number of halogens is 2. The van der Waals surface area contributed by atoms with Gasteiger partial charge in [0.2, 0.25) is 23.6 Å². The second-order valence-electron chi connectivity index (χ2n) is 36.1. The highest BCUT2D eigenvalue weighted by atomic mass is 19.1. The van der Waals surface area contributed by atoms with Crippen LogP contribution in [0.2, 0.25) is 0 Å². The number of rotatable bonds is 62. The number of amides is 6. The lowest BCUT2D eigenvalue weighted by atomic mass is 9.44. The van der Waals surface area contributed by atoms with E-state index < -0.39 is 137 Å². The van der Waals surface area contributed by atoms with Crippen molar-refractivity contribution in [2.45, 2.75) is 250 Å². The van der Waals surface area contributed by atoms with Crippen LogP contribution in [0.15, 0.2) is 72.3 Å². The topological polar surface area (TPSA) is 410 Å². The molecule has 1 saturated heterocycles. The third-order valence-corrected chi connectivity index (χ3v) is 26.5. The molecule has 10 rings (SSSR count). The number of aliphatic hydroxyl groups excluding tert-OH is 1. The Morgan fingerprint density at radius 1 is 0.667 bits per heavy atom. The molecule has 34 heteroatoms. The molecule has 2 aromatic carbocycles. The first-order chi connectivity index (χ1) is 63.8. The summed E-state index contributed by atoms with van der Waals surface area (Å²) in [5.41, 5.74) is 2.89. The number of carbonyl (C=O) groups excluding carboxylic acids is 10. The van der Waals surface area contributed by atoms with Crippen LogP contribution >= 0.6 is 0 Å². The van der Waals surface area contributed by atoms with E-state index in [2.05, 4.69) is 50.3 Å². The van der Waals surface area contributed by atoms with Crippen molar-refractivity contribution in [2.24, 2.45) is 46.2 Å². The Hall–Kier alpha value is -8.54. The van der Waals surface area contributed by atoms with E-state index in [-0.39, 0.29) is 152 Å². The summed E-state index contributed by atoms with van der Waals surface area (Å²) in [6, 6.07) is 13.2. The van der Waals surface area contributed by atoms with Crippen molar-refractivity contribution in [2.75, 3.05) is 150 Å². The summed E-state index contributed by atoms with van der Waals surface area (Å²) in [7, 11) is 0. The predicted molar refractivity (Wildman–Crippen MR) is 483 cm³/mol. The number of alkyl halides is 2. The summed E-state index contributed by atoms with van der Waals surface area (Å²) >= 11 is 0. The number of anilines is 1. The first kappa shape index (κ1) is 106. The van der Waals surface area contributed by atoms with Gasteiger partial charge in [0.25, 0.3) is 0 Å². The Bertz CT molecular complexity index is 4410. The number of nitrogens with one attached hydrogen (secondary N) is 4. The number of hydrogen-bond acceptors (Lipinski definition) is 25. The number of allylic oxidation sites excluding steroid dienone is 4. The molecule has 2 unspecified atom stereocenters. The highest BCUT2D eigenvalue weighted by Crippen LogP contribution is 2.72. The zero-order valence-electron chi connectivity index (χ0n) is 78.0. The van der Waals surface area contributed by atoms with Crippen LogP contribution in [0, 0.1) is 52.3 Å². The average molecular weight is 1850 g/mol. The normalized spacial score (nSPS) is 24.0. The van der Waals surface area contributed by atoms with Crippen molar-refractivity contribution in [3.05, 3.63) is 100 Å². The summed E-state index contributed by atoms with van der Waals surface area (Å²) in [5, 5.41) is 32.3. The van der Waals surface area contributed by atoms with Gasteiger partial charge in [0.05, 0.1) is 155 Å². The smallest absolute Gasteiger partial charge is 0.312 e. The van der Waals surface area contributed by atoms with Crippen LogP contribution in [0.3, 0.4) is 0 Å². The van der Waals surface area contributed by atoms with Gasteiger partial charge in [-0.25, -0.2) is 18.3 Å². The van der Waals surface area contributed by atoms with Crippen LogP contribution < -0.4 is 31.9 Å². The number of nitrogens with two attached hydrogens (primary N) is 1. The number of aromatic nitrogens is 3. The fourth-order valence-electron chi connectivity index (χ4n) is 19.6. The number of ketones is 5. The molecule has 7 aliphatic rings. The maximum absolute atomic E-state index is 18.3. The molecule has 3 aromatic rings. The van der Waals surface area contributed by atoms with Gasteiger partial charge < -0.3 is 93.8 Å². The van der Waals surface area contributed by atoms with E-state index >= 15 is 13.6 Å². The first-order valence-electron chi connectivity index (χ1n) is 47.8. The molecule has 4 fully saturated rings. The molecule has 14 atom stereocenters. The van der Waals surface area contributed by atoms with Crippen LogP contribution in [0.25, 0.3) is 0 Å². The molecule has 0 radical (unpaired) electrons. The lowest BCUT2D eigenvalue weighted by Crippen LogP contribution is -2.71. The van der Waals surface area contributed by atoms with Gasteiger partial charge in [0.1, 0.15) is 36.1 Å². The third-order valence-electron chi connectivity index (χ3n) is 26.5. The summed E-state index contributed by atoms with van der Waals surface area (Å²) in [6.07, 6.45) is 4.62. The highest BCUT2D eigenvalue weighted by molar-refractivity contribution is 6.02. The number of nitrogens with zero attached hydrogens (tertiary/aromatic N) is 4. The van der Waals surface area contributed by atoms with Crippen LogP contribution in [-0.4, -0.2) is 266 Å². The van der Waals surface area contributed by atoms with Crippen molar-refractivity contribution < 1.29 is 119 Å². The number of hydrogen-bond donors (Lipinski definition) is 6. The summed E-state index contributed by atoms with van der Waals surface area (Å²) in [5.74, 6) is -1.96. The van der Waals surface area contributed by atoms with Crippen molar-refractivity contribution in [1.29, 1.82) is 0 Å². The number of urea groups is 1. The fraction of sp³-hybridized carbons (Fsp3) is 0.694. The Morgan fingerprint density at radius 2 is 1.30 bits per heavy atom. The van der Waals surface area contributed by atoms with Crippen LogP contribution in [0.4, 0.5) is 19.3 Å². The molecule has 132 heavy (non-hydrogen) atoms. The van der Waals surface area contributed by atoms with E-state index in [9.17, 15) is 48.3 Å². The number of primary amides is 1. The number of ether oxygens (including phenoxy) is 12. The molecular formula is C98H141F2N9O23. The maximum atomic E-state index is 18.3. The molecule has 2 aliphatic heterocycles. The standard InChI is InChI=1S/C98H141F2N9O23/c1-7-20-89-131-86-62-76-77-61-79(99)78-60-74(111)34-36-95(78,5)97(77,100)84(114)63-96(76,6)98(86,132-89)85(115)64-104-92(118)71(25-18-38-103-94(101)120)59-82(113)90(67(3)4)105-93(119)70(23-16-17-37-102-87(116)66-130-83-29-11-9-10-28-81-91(83)106-107-109(81)39-43-124-47-51-128-55-57-129-56-52-125-48-44-121-40-8-2)58-75(112)35-42-123-46-50-127-54-53-126-49-45-122-41-19-26-73(110)32-33-88(117)108-65-72-24-13-12-21-68(72)30-31-69-22-14-15-27-80(69)108/h12-15,21-22,24,27,34,36,60,67,70-71,76-77,79,83-84,86,89-90,114H,7-11,16-20,23,25-26,28-29,32-33,35,37-59,61-66H2,1-6H3,(H,102,116)(H,104,118)(H,105,119)(H3,101,103,120)/t70-,71+,76-,77-,79-,83?,84-,86+,89?,90-,95-,96-,97-,98+/m0/s1. The second-order valence-corrected chi connectivity index (χ2v) is 36.1. The minimum absolute atomic E-state index is 0.000725. The van der Waals surface area contributed by atoms with Crippen LogP contribution in [0.1, 0.15) is 217 Å². The van der Waals surface area contributed by atoms with Crippen LogP contribution in [-0.2, 0) is 120 Å². The van der Waals surface area contributed by atoms with E-state index in [1.807, 2.05) is 60.1 Å². The zero-order valence-corrected chi connectivity index (χ0v) is 78.0. The molecule has 32 nitrogen and oxygen atoms in total. The van der Waals surface area contributed by atoms with E-state index in [1.54, 1.807) is 25.7 Å². The Balaban J connectivity index is 0.689. The number of carbonyl (C=O) groups is 10. The number of benzene rings is 2. The van der Waals surface area contributed by atoms with E-state index in [0.717, 1.165) is 72.9 Å². The highest BCUT2D eigenvalue weighted by Gasteiger charge is 2.80. The van der Waals surface area contributed by atoms with Gasteiger partial charge in [-0.3, -0.25) is 43.2 Å². The Kier molecular flexibility index (Phi) is 42.9. The molecule has 6 amide bonds. The van der Waals surface area contributed by atoms with Crippen molar-refractivity contribution in [3.8, 4) is 11.8 Å². The number of Topliss-reactive ketones (excluding diaryl/α,β-unsaturated/α-hetero) is 4. The molecule has 7 N–H and O–H groups in total. The molecule has 1 aromatic heterocycles. The number of para-hydroxylation sites is 1. The molecule has 730 valence electrons. The van der Waals surface area contributed by atoms with E-state index in [1.165, 1.54) is 19.1 Å². The molecule has 0 spiro atoms. The summed E-state index contributed by atoms with van der Waals surface area (Å²) < 4.78 is 107. The Morgan fingerprint density at radius 3 is 1.98 bits per heavy atom. The summed E-state index contributed by atoms with van der Waals surface area (Å²) in [6.45, 7) is 17.5.